The molecule has 1 saturated carbocycles. The minimum atomic E-state index is -3.02. The van der Waals surface area contributed by atoms with Crippen LogP contribution in [0.3, 0.4) is 0 Å². The number of hydrogen-bond acceptors (Lipinski definition) is 4. The van der Waals surface area contributed by atoms with Crippen molar-refractivity contribution in [2.75, 3.05) is 16.4 Å². The van der Waals surface area contributed by atoms with E-state index in [4.69, 9.17) is 4.74 Å². The zero-order valence-electron chi connectivity index (χ0n) is 13.0. The van der Waals surface area contributed by atoms with E-state index in [1.165, 1.54) is 12.8 Å². The van der Waals surface area contributed by atoms with Gasteiger partial charge in [-0.1, -0.05) is 6.07 Å². The normalized spacial score (nSPS) is 29.9. The number of ether oxygens (including phenoxy) is 1. The second-order valence-electron chi connectivity index (χ2n) is 6.89. The maximum absolute atomic E-state index is 12.3. The fraction of sp³-hybridized carbons (Fsp3) is 0.588. The maximum atomic E-state index is 12.3. The van der Waals surface area contributed by atoms with E-state index in [1.54, 1.807) is 4.90 Å². The fourth-order valence-corrected chi connectivity index (χ4v) is 6.20. The van der Waals surface area contributed by atoms with Crippen molar-refractivity contribution in [3.05, 3.63) is 24.3 Å². The number of amides is 1. The van der Waals surface area contributed by atoms with Crippen LogP contribution in [-0.4, -0.2) is 38.0 Å². The summed E-state index contributed by atoms with van der Waals surface area (Å²) in [5.41, 5.74) is 0.759. The molecule has 1 amide bonds. The molecular weight excluding hydrogens is 314 g/mol. The van der Waals surface area contributed by atoms with Crippen LogP contribution < -0.4 is 9.64 Å². The molecular formula is C17H21NO4S. The number of sulfone groups is 1. The predicted octanol–water partition coefficient (Wildman–Crippen LogP) is 2.16. The van der Waals surface area contributed by atoms with Crippen molar-refractivity contribution in [2.24, 2.45) is 5.92 Å². The van der Waals surface area contributed by atoms with E-state index >= 15 is 0 Å². The Balaban J connectivity index is 1.58. The number of rotatable bonds is 3. The lowest BCUT2D eigenvalue weighted by Crippen LogP contribution is -2.36. The molecule has 23 heavy (non-hydrogen) atoms. The van der Waals surface area contributed by atoms with E-state index in [0.717, 1.165) is 24.3 Å². The second kappa shape index (κ2) is 5.51. The lowest BCUT2D eigenvalue weighted by Gasteiger charge is -2.24. The van der Waals surface area contributed by atoms with Gasteiger partial charge in [0.2, 0.25) is 5.91 Å². The molecule has 0 bridgehead atoms. The summed E-state index contributed by atoms with van der Waals surface area (Å²) in [5, 5.41) is 0. The quantitative estimate of drug-likeness (QED) is 0.849. The number of carbonyl (C=O) groups is 1. The number of hydrogen-bond donors (Lipinski definition) is 0. The van der Waals surface area contributed by atoms with Gasteiger partial charge in [-0.2, -0.15) is 0 Å². The minimum Gasteiger partial charge on any atom is -0.490 e. The minimum absolute atomic E-state index is 0.0212. The average molecular weight is 335 g/mol. The van der Waals surface area contributed by atoms with Gasteiger partial charge in [-0.15, -0.1) is 0 Å². The van der Waals surface area contributed by atoms with Crippen LogP contribution in [0.2, 0.25) is 0 Å². The van der Waals surface area contributed by atoms with E-state index < -0.39 is 9.84 Å². The molecule has 2 saturated heterocycles. The maximum Gasteiger partial charge on any atom is 0.227 e. The van der Waals surface area contributed by atoms with Crippen molar-refractivity contribution in [3.63, 3.8) is 0 Å². The van der Waals surface area contributed by atoms with Crippen molar-refractivity contribution < 1.29 is 17.9 Å². The van der Waals surface area contributed by atoms with Crippen LogP contribution in [0.4, 0.5) is 5.69 Å². The molecule has 4 rings (SSSR count). The van der Waals surface area contributed by atoms with Crippen LogP contribution in [0.5, 0.6) is 5.75 Å². The highest BCUT2D eigenvalue weighted by molar-refractivity contribution is 7.91. The van der Waals surface area contributed by atoms with E-state index in [0.29, 0.717) is 6.42 Å². The Labute approximate surface area is 136 Å². The largest absolute Gasteiger partial charge is 0.490 e. The van der Waals surface area contributed by atoms with Crippen molar-refractivity contribution in [3.8, 4) is 5.75 Å². The lowest BCUT2D eigenvalue weighted by molar-refractivity contribution is -0.117. The molecule has 6 heteroatoms. The Morgan fingerprint density at radius 2 is 1.91 bits per heavy atom. The van der Waals surface area contributed by atoms with E-state index in [9.17, 15) is 13.2 Å². The number of carbonyl (C=O) groups excluding carboxylic acids is 1. The molecule has 0 aromatic heterocycles. The molecule has 2 aliphatic heterocycles. The van der Waals surface area contributed by atoms with E-state index in [2.05, 4.69) is 0 Å². The summed E-state index contributed by atoms with van der Waals surface area (Å²) in [6.45, 7) is 0. The molecule has 2 atom stereocenters. The van der Waals surface area contributed by atoms with Gasteiger partial charge in [0, 0.05) is 24.1 Å². The molecule has 5 nitrogen and oxygen atoms in total. The molecule has 0 radical (unpaired) electrons. The van der Waals surface area contributed by atoms with Crippen LogP contribution in [0, 0.1) is 5.92 Å². The van der Waals surface area contributed by atoms with Gasteiger partial charge in [0.1, 0.15) is 5.75 Å². The van der Waals surface area contributed by atoms with Crippen molar-refractivity contribution in [1.29, 1.82) is 0 Å². The Kier molecular flexibility index (Phi) is 3.59. The highest BCUT2D eigenvalue weighted by atomic mass is 32.2. The molecule has 124 valence electrons. The Hall–Kier alpha value is -1.56. The number of anilines is 1. The highest BCUT2D eigenvalue weighted by Gasteiger charge is 2.49. The molecule has 0 N–H and O–H groups in total. The van der Waals surface area contributed by atoms with Crippen molar-refractivity contribution in [2.45, 2.75) is 44.2 Å². The number of nitrogens with zero attached hydrogens (tertiary/aromatic N) is 1. The zero-order valence-corrected chi connectivity index (χ0v) is 13.8. The van der Waals surface area contributed by atoms with Gasteiger partial charge in [-0.3, -0.25) is 4.79 Å². The Morgan fingerprint density at radius 3 is 2.70 bits per heavy atom. The van der Waals surface area contributed by atoms with Gasteiger partial charge in [0.25, 0.3) is 0 Å². The van der Waals surface area contributed by atoms with Crippen LogP contribution in [0.15, 0.2) is 24.3 Å². The molecule has 1 aromatic carbocycles. The van der Waals surface area contributed by atoms with Crippen LogP contribution in [0.1, 0.15) is 32.1 Å². The van der Waals surface area contributed by atoms with Gasteiger partial charge < -0.3 is 9.64 Å². The molecule has 2 heterocycles. The average Bonchev–Trinajstić information content (AvgIpc) is 3.14. The Morgan fingerprint density at radius 1 is 1.13 bits per heavy atom. The highest BCUT2D eigenvalue weighted by Crippen LogP contribution is 2.38. The third kappa shape index (κ3) is 2.84. The lowest BCUT2D eigenvalue weighted by atomic mass is 10.0. The fourth-order valence-electron chi connectivity index (χ4n) is 4.13. The SMILES string of the molecule is O=C1C[C@H]2CS(=O)(=O)C[C@H]2N1c1cccc(OC2CCCC2)c1. The van der Waals surface area contributed by atoms with Crippen molar-refractivity contribution in [1.82, 2.24) is 0 Å². The first-order valence-electron chi connectivity index (χ1n) is 8.31. The first-order valence-corrected chi connectivity index (χ1v) is 10.1. The standard InChI is InChI=1S/C17H21NO4S/c19-17-8-12-10-23(20,21)11-16(12)18(17)13-4-3-7-15(9-13)22-14-5-1-2-6-14/h3-4,7,9,12,14,16H,1-2,5-6,8,10-11H2/t12-,16+/m0/s1. The molecule has 3 aliphatic rings. The zero-order chi connectivity index (χ0) is 16.0. The van der Waals surface area contributed by atoms with Gasteiger partial charge in [0.15, 0.2) is 9.84 Å². The summed E-state index contributed by atoms with van der Waals surface area (Å²) in [5.74, 6) is 0.946. The smallest absolute Gasteiger partial charge is 0.227 e. The third-order valence-corrected chi connectivity index (χ3v) is 6.96. The van der Waals surface area contributed by atoms with E-state index in [1.807, 2.05) is 24.3 Å². The second-order valence-corrected chi connectivity index (χ2v) is 9.05. The number of benzene rings is 1. The summed E-state index contributed by atoms with van der Waals surface area (Å²) in [7, 11) is -3.02. The Bertz CT molecular complexity index is 724. The summed E-state index contributed by atoms with van der Waals surface area (Å²) < 4.78 is 29.7. The van der Waals surface area contributed by atoms with Gasteiger partial charge in [0.05, 0.1) is 23.7 Å². The van der Waals surface area contributed by atoms with Gasteiger partial charge in [-0.05, 0) is 37.8 Å². The molecule has 1 aliphatic carbocycles. The van der Waals surface area contributed by atoms with Crippen LogP contribution >= 0.6 is 0 Å². The summed E-state index contributed by atoms with van der Waals surface area (Å²) in [6.07, 6.45) is 5.16. The summed E-state index contributed by atoms with van der Waals surface area (Å²) in [4.78, 5) is 14.0. The van der Waals surface area contributed by atoms with Gasteiger partial charge in [-0.25, -0.2) is 8.42 Å². The topological polar surface area (TPSA) is 63.7 Å². The molecule has 0 unspecified atom stereocenters. The summed E-state index contributed by atoms with van der Waals surface area (Å²) in [6, 6.07) is 7.32. The predicted molar refractivity (Wildman–Crippen MR) is 87.4 cm³/mol. The summed E-state index contributed by atoms with van der Waals surface area (Å²) >= 11 is 0. The first-order chi connectivity index (χ1) is 11.0. The third-order valence-electron chi connectivity index (χ3n) is 5.17. The van der Waals surface area contributed by atoms with Crippen LogP contribution in [-0.2, 0) is 14.6 Å². The van der Waals surface area contributed by atoms with Crippen LogP contribution in [0.25, 0.3) is 0 Å². The monoisotopic (exact) mass is 335 g/mol. The molecule has 1 aromatic rings. The first kappa shape index (κ1) is 15.0. The van der Waals surface area contributed by atoms with E-state index in [-0.39, 0.29) is 35.5 Å². The molecule has 0 spiro atoms. The van der Waals surface area contributed by atoms with Crippen molar-refractivity contribution >= 4 is 21.4 Å². The molecule has 3 fully saturated rings. The van der Waals surface area contributed by atoms with Gasteiger partial charge >= 0.3 is 0 Å². The number of fused-ring (bicyclic) bond motifs is 1.